The van der Waals surface area contributed by atoms with Gasteiger partial charge in [-0.25, -0.2) is 4.98 Å². The van der Waals surface area contributed by atoms with Crippen LogP contribution in [0.2, 0.25) is 0 Å². The summed E-state index contributed by atoms with van der Waals surface area (Å²) in [7, 11) is 0. The van der Waals surface area contributed by atoms with Gasteiger partial charge in [0.2, 0.25) is 0 Å². The van der Waals surface area contributed by atoms with Crippen molar-refractivity contribution in [1.29, 1.82) is 0 Å². The number of nitrogens with zero attached hydrogens (tertiary/aromatic N) is 3. The number of hydrogen-bond donors (Lipinski definition) is 1. The van der Waals surface area contributed by atoms with E-state index in [-0.39, 0.29) is 0 Å². The Kier molecular flexibility index (Phi) is 4.05. The molecule has 0 radical (unpaired) electrons. The molecule has 20 heavy (non-hydrogen) atoms. The number of piperazine rings is 1. The molecule has 2 N–H and O–H groups in total. The van der Waals surface area contributed by atoms with Crippen molar-refractivity contribution in [2.75, 3.05) is 31.1 Å². The molecule has 1 fully saturated rings. The number of rotatable bonds is 4. The Balaban J connectivity index is 1.55. The van der Waals surface area contributed by atoms with Crippen LogP contribution in [0, 0.1) is 6.92 Å². The molecule has 0 saturated carbocycles. The lowest BCUT2D eigenvalue weighted by molar-refractivity contribution is 0.228. The minimum Gasteiger partial charge on any atom is -0.463 e. The third-order valence-electron chi connectivity index (χ3n) is 3.70. The minimum atomic E-state index is 0.476. The van der Waals surface area contributed by atoms with Crippen molar-refractivity contribution >= 4 is 16.5 Å². The van der Waals surface area contributed by atoms with Crippen LogP contribution in [0.4, 0.5) is 5.13 Å². The van der Waals surface area contributed by atoms with E-state index < -0.39 is 0 Å². The highest BCUT2D eigenvalue weighted by Crippen LogP contribution is 2.20. The maximum atomic E-state index is 5.77. The Morgan fingerprint density at radius 3 is 2.75 bits per heavy atom. The van der Waals surface area contributed by atoms with Gasteiger partial charge in [-0.2, -0.15) is 0 Å². The molecule has 0 unspecified atom stereocenters. The maximum Gasteiger partial charge on any atom is 0.185 e. The Morgan fingerprint density at radius 2 is 2.15 bits per heavy atom. The zero-order chi connectivity index (χ0) is 13.9. The van der Waals surface area contributed by atoms with Gasteiger partial charge in [-0.15, -0.1) is 11.3 Å². The first-order valence-corrected chi connectivity index (χ1v) is 7.79. The van der Waals surface area contributed by atoms with E-state index in [4.69, 9.17) is 10.2 Å². The van der Waals surface area contributed by atoms with Gasteiger partial charge in [0, 0.05) is 37.8 Å². The second-order valence-corrected chi connectivity index (χ2v) is 5.97. The van der Waals surface area contributed by atoms with Gasteiger partial charge in [0.05, 0.1) is 13.1 Å². The van der Waals surface area contributed by atoms with Crippen LogP contribution >= 0.6 is 11.3 Å². The molecule has 108 valence electrons. The van der Waals surface area contributed by atoms with E-state index in [1.165, 1.54) is 0 Å². The molecular weight excluding hydrogens is 272 g/mol. The predicted molar refractivity (Wildman–Crippen MR) is 80.9 cm³/mol. The Morgan fingerprint density at radius 1 is 1.35 bits per heavy atom. The van der Waals surface area contributed by atoms with Gasteiger partial charge in [-0.1, -0.05) is 0 Å². The lowest BCUT2D eigenvalue weighted by Gasteiger charge is -2.34. The molecule has 0 amide bonds. The van der Waals surface area contributed by atoms with Gasteiger partial charge >= 0.3 is 0 Å². The van der Waals surface area contributed by atoms with Crippen molar-refractivity contribution in [3.05, 3.63) is 34.7 Å². The van der Waals surface area contributed by atoms with Gasteiger partial charge in [0.25, 0.3) is 0 Å². The molecule has 0 aromatic carbocycles. The second-order valence-electron chi connectivity index (χ2n) is 5.10. The predicted octanol–water partition coefficient (Wildman–Crippen LogP) is 1.83. The summed E-state index contributed by atoms with van der Waals surface area (Å²) in [6, 6.07) is 2.11. The molecule has 3 rings (SSSR count). The summed E-state index contributed by atoms with van der Waals surface area (Å²) >= 11 is 1.71. The third kappa shape index (κ3) is 2.87. The summed E-state index contributed by atoms with van der Waals surface area (Å²) in [6.45, 7) is 7.52. The number of anilines is 1. The highest BCUT2D eigenvalue weighted by molar-refractivity contribution is 7.13. The smallest absolute Gasteiger partial charge is 0.185 e. The minimum absolute atomic E-state index is 0.476. The lowest BCUT2D eigenvalue weighted by Crippen LogP contribution is -2.45. The standard InChI is InChI=1S/C14H20N4OS/c1-11-8-12(19-13(11)9-15)10-17-3-5-18(6-4-17)14-16-2-7-20-14/h2,7-8H,3-6,9-10,15H2,1H3. The SMILES string of the molecule is Cc1cc(CN2CCN(c3nccs3)CC2)oc1CN. The van der Waals surface area contributed by atoms with Gasteiger partial charge < -0.3 is 15.1 Å². The molecule has 1 aliphatic rings. The monoisotopic (exact) mass is 292 g/mol. The van der Waals surface area contributed by atoms with Gasteiger partial charge in [0.15, 0.2) is 5.13 Å². The number of furan rings is 1. The molecule has 0 atom stereocenters. The fourth-order valence-corrected chi connectivity index (χ4v) is 3.26. The zero-order valence-corrected chi connectivity index (χ0v) is 12.5. The fraction of sp³-hybridized carbons (Fsp3) is 0.500. The molecule has 1 aliphatic heterocycles. The van der Waals surface area contributed by atoms with Crippen molar-refractivity contribution in [2.24, 2.45) is 5.73 Å². The molecule has 5 nitrogen and oxygen atoms in total. The number of hydrogen-bond acceptors (Lipinski definition) is 6. The summed E-state index contributed by atoms with van der Waals surface area (Å²) in [5.41, 5.74) is 6.81. The summed E-state index contributed by atoms with van der Waals surface area (Å²) in [6.07, 6.45) is 1.87. The first kappa shape index (κ1) is 13.6. The largest absolute Gasteiger partial charge is 0.463 e. The highest BCUT2D eigenvalue weighted by atomic mass is 32.1. The van der Waals surface area contributed by atoms with Gasteiger partial charge in [-0.3, -0.25) is 4.90 Å². The van der Waals surface area contributed by atoms with E-state index >= 15 is 0 Å². The highest BCUT2D eigenvalue weighted by Gasteiger charge is 2.19. The topological polar surface area (TPSA) is 58.5 Å². The quantitative estimate of drug-likeness (QED) is 0.931. The Bertz CT molecular complexity index is 544. The van der Waals surface area contributed by atoms with Crippen LogP contribution in [0.1, 0.15) is 17.1 Å². The van der Waals surface area contributed by atoms with Crippen molar-refractivity contribution < 1.29 is 4.42 Å². The van der Waals surface area contributed by atoms with Crippen molar-refractivity contribution in [3.63, 3.8) is 0 Å². The van der Waals surface area contributed by atoms with Crippen LogP contribution in [-0.4, -0.2) is 36.1 Å². The zero-order valence-electron chi connectivity index (χ0n) is 11.7. The van der Waals surface area contributed by atoms with Crippen molar-refractivity contribution in [3.8, 4) is 0 Å². The van der Waals surface area contributed by atoms with Crippen LogP contribution < -0.4 is 10.6 Å². The molecule has 6 heteroatoms. The molecule has 3 heterocycles. The molecule has 0 aliphatic carbocycles. The molecule has 2 aromatic heterocycles. The first-order chi connectivity index (χ1) is 9.76. The van der Waals surface area contributed by atoms with E-state index in [1.807, 2.05) is 11.6 Å². The van der Waals surface area contributed by atoms with Crippen LogP contribution in [-0.2, 0) is 13.1 Å². The summed E-state index contributed by atoms with van der Waals surface area (Å²) in [5, 5.41) is 3.16. The van der Waals surface area contributed by atoms with Gasteiger partial charge in [-0.05, 0) is 18.6 Å². The van der Waals surface area contributed by atoms with E-state index in [9.17, 15) is 0 Å². The number of aromatic nitrogens is 1. The van der Waals surface area contributed by atoms with E-state index in [0.717, 1.165) is 54.9 Å². The maximum absolute atomic E-state index is 5.77. The summed E-state index contributed by atoms with van der Waals surface area (Å²) < 4.78 is 5.77. The number of aryl methyl sites for hydroxylation is 1. The normalized spacial score (nSPS) is 16.8. The van der Waals surface area contributed by atoms with Crippen LogP contribution in [0.5, 0.6) is 0 Å². The van der Waals surface area contributed by atoms with Crippen LogP contribution in [0.15, 0.2) is 22.1 Å². The lowest BCUT2D eigenvalue weighted by atomic mass is 10.2. The van der Waals surface area contributed by atoms with Crippen molar-refractivity contribution in [2.45, 2.75) is 20.0 Å². The third-order valence-corrected chi connectivity index (χ3v) is 4.53. The van der Waals surface area contributed by atoms with Crippen molar-refractivity contribution in [1.82, 2.24) is 9.88 Å². The van der Waals surface area contributed by atoms with E-state index in [1.54, 1.807) is 11.3 Å². The Labute approximate surface area is 123 Å². The fourth-order valence-electron chi connectivity index (χ4n) is 2.56. The molecule has 0 spiro atoms. The van der Waals surface area contributed by atoms with Gasteiger partial charge in [0.1, 0.15) is 11.5 Å². The first-order valence-electron chi connectivity index (χ1n) is 6.91. The molecule has 2 aromatic rings. The summed E-state index contributed by atoms with van der Waals surface area (Å²) in [4.78, 5) is 9.13. The van der Waals surface area contributed by atoms with E-state index in [2.05, 4.69) is 27.8 Å². The Hall–Kier alpha value is -1.37. The number of nitrogens with two attached hydrogens (primary N) is 1. The van der Waals surface area contributed by atoms with E-state index in [0.29, 0.717) is 6.54 Å². The number of thiazole rings is 1. The average molecular weight is 292 g/mol. The molecular formula is C14H20N4OS. The molecule has 1 saturated heterocycles. The summed E-state index contributed by atoms with van der Waals surface area (Å²) in [5.74, 6) is 1.92. The average Bonchev–Trinajstić information content (AvgIpc) is 3.09. The molecule has 0 bridgehead atoms. The van der Waals surface area contributed by atoms with Crippen LogP contribution in [0.3, 0.4) is 0 Å². The second kappa shape index (κ2) is 5.95. The van der Waals surface area contributed by atoms with Crippen LogP contribution in [0.25, 0.3) is 0 Å².